The van der Waals surface area contributed by atoms with Crippen LogP contribution in [-0.2, 0) is 4.79 Å². The van der Waals surface area contributed by atoms with Crippen molar-refractivity contribution in [2.45, 2.75) is 39.2 Å². The fourth-order valence-electron chi connectivity index (χ4n) is 1.51. The molecule has 13 heavy (non-hydrogen) atoms. The van der Waals surface area contributed by atoms with Crippen molar-refractivity contribution in [2.24, 2.45) is 11.7 Å². The van der Waals surface area contributed by atoms with Gasteiger partial charge in [0.1, 0.15) is 0 Å². The van der Waals surface area contributed by atoms with Crippen molar-refractivity contribution >= 4 is 5.91 Å². The number of nitrogens with zero attached hydrogens (tertiary/aromatic N) is 1. The van der Waals surface area contributed by atoms with E-state index in [0.29, 0.717) is 0 Å². The Morgan fingerprint density at radius 1 is 1.54 bits per heavy atom. The number of amides is 1. The lowest BCUT2D eigenvalue weighted by Crippen LogP contribution is -2.34. The first-order valence-corrected chi connectivity index (χ1v) is 5.25. The van der Waals surface area contributed by atoms with Gasteiger partial charge >= 0.3 is 0 Å². The van der Waals surface area contributed by atoms with Crippen LogP contribution in [-0.4, -0.2) is 29.9 Å². The molecule has 2 unspecified atom stereocenters. The van der Waals surface area contributed by atoms with Gasteiger partial charge in [0.15, 0.2) is 0 Å². The topological polar surface area (TPSA) is 46.3 Å². The summed E-state index contributed by atoms with van der Waals surface area (Å²) in [6, 6.07) is 0.142. The van der Waals surface area contributed by atoms with Crippen LogP contribution >= 0.6 is 0 Å². The van der Waals surface area contributed by atoms with Gasteiger partial charge in [0.25, 0.3) is 0 Å². The first-order valence-electron chi connectivity index (χ1n) is 5.25. The van der Waals surface area contributed by atoms with Gasteiger partial charge in [-0.25, -0.2) is 0 Å². The lowest BCUT2D eigenvalue weighted by Gasteiger charge is -2.20. The number of nitrogens with two attached hydrogens (primary N) is 1. The lowest BCUT2D eigenvalue weighted by molar-refractivity contribution is -0.132. The Morgan fingerprint density at radius 3 is 2.54 bits per heavy atom. The summed E-state index contributed by atoms with van der Waals surface area (Å²) in [5.41, 5.74) is 5.64. The minimum absolute atomic E-state index is 0.136. The Kier molecular flexibility index (Phi) is 3.72. The molecule has 0 aromatic carbocycles. The van der Waals surface area contributed by atoms with Gasteiger partial charge in [-0.05, 0) is 19.8 Å². The molecule has 3 nitrogen and oxygen atoms in total. The van der Waals surface area contributed by atoms with Gasteiger partial charge in [-0.2, -0.15) is 0 Å². The monoisotopic (exact) mass is 184 g/mol. The van der Waals surface area contributed by atoms with E-state index in [4.69, 9.17) is 5.73 Å². The predicted octanol–water partition coefficient (Wildman–Crippen LogP) is 0.982. The van der Waals surface area contributed by atoms with Crippen LogP contribution in [0.25, 0.3) is 0 Å². The summed E-state index contributed by atoms with van der Waals surface area (Å²) >= 11 is 0. The molecule has 0 bridgehead atoms. The van der Waals surface area contributed by atoms with E-state index in [1.807, 2.05) is 11.8 Å². The van der Waals surface area contributed by atoms with Crippen LogP contribution in [0.1, 0.15) is 33.1 Å². The van der Waals surface area contributed by atoms with Gasteiger partial charge in [-0.3, -0.25) is 4.79 Å². The van der Waals surface area contributed by atoms with E-state index in [2.05, 4.69) is 6.92 Å². The van der Waals surface area contributed by atoms with Crippen LogP contribution in [0.5, 0.6) is 0 Å². The molecule has 2 atom stereocenters. The normalized spacial score (nSPS) is 25.8. The Morgan fingerprint density at radius 2 is 2.15 bits per heavy atom. The number of hydrogen-bond donors (Lipinski definition) is 1. The molecule has 76 valence electrons. The highest BCUT2D eigenvalue weighted by molar-refractivity contribution is 5.82. The second kappa shape index (κ2) is 4.61. The smallest absolute Gasteiger partial charge is 0.227 e. The minimum atomic E-state index is 0.136. The van der Waals surface area contributed by atoms with Gasteiger partial charge in [0.2, 0.25) is 5.91 Å². The second-order valence-electron chi connectivity index (χ2n) is 3.78. The Balaban J connectivity index is 2.32. The third-order valence-electron chi connectivity index (χ3n) is 2.63. The van der Waals surface area contributed by atoms with E-state index in [9.17, 15) is 4.79 Å². The van der Waals surface area contributed by atoms with Crippen molar-refractivity contribution in [1.82, 2.24) is 4.90 Å². The highest BCUT2D eigenvalue weighted by Gasteiger charge is 2.41. The minimum Gasteiger partial charge on any atom is -0.343 e. The van der Waals surface area contributed by atoms with E-state index in [-0.39, 0.29) is 17.9 Å². The summed E-state index contributed by atoms with van der Waals surface area (Å²) in [5.74, 6) is 0.403. The molecule has 2 N–H and O–H groups in total. The number of hydrogen-bond acceptors (Lipinski definition) is 2. The molecule has 1 aliphatic rings. The molecular formula is C10H20N2O. The second-order valence-corrected chi connectivity index (χ2v) is 3.78. The molecule has 3 heteroatoms. The quantitative estimate of drug-likeness (QED) is 0.692. The van der Waals surface area contributed by atoms with Gasteiger partial charge in [-0.1, -0.05) is 13.3 Å². The van der Waals surface area contributed by atoms with Crippen molar-refractivity contribution in [3.63, 3.8) is 0 Å². The zero-order valence-electron chi connectivity index (χ0n) is 8.62. The zero-order chi connectivity index (χ0) is 9.84. The van der Waals surface area contributed by atoms with Gasteiger partial charge in [0.05, 0.1) is 5.92 Å². The summed E-state index contributed by atoms with van der Waals surface area (Å²) in [6.45, 7) is 5.89. The first-order chi connectivity index (χ1) is 6.20. The summed E-state index contributed by atoms with van der Waals surface area (Å²) in [5, 5.41) is 0. The molecule has 0 aromatic heterocycles. The Labute approximate surface area is 80.3 Å². The average molecular weight is 184 g/mol. The Hall–Kier alpha value is -0.570. The number of unbranched alkanes of at least 4 members (excludes halogenated alkanes) is 1. The van der Waals surface area contributed by atoms with Crippen molar-refractivity contribution in [2.75, 3.05) is 13.1 Å². The lowest BCUT2D eigenvalue weighted by atomic mass is 10.2. The summed E-state index contributed by atoms with van der Waals surface area (Å²) in [4.78, 5) is 13.6. The largest absolute Gasteiger partial charge is 0.343 e. The van der Waals surface area contributed by atoms with Crippen LogP contribution in [0.3, 0.4) is 0 Å². The van der Waals surface area contributed by atoms with Gasteiger partial charge in [0, 0.05) is 19.1 Å². The SMILES string of the molecule is CCCCN(CC)C(=O)C1CC1N. The van der Waals surface area contributed by atoms with Crippen LogP contribution in [0.2, 0.25) is 0 Å². The fourth-order valence-corrected chi connectivity index (χ4v) is 1.51. The molecule has 1 aliphatic carbocycles. The number of carbonyl (C=O) groups excluding carboxylic acids is 1. The van der Waals surface area contributed by atoms with Crippen molar-refractivity contribution in [3.05, 3.63) is 0 Å². The van der Waals surface area contributed by atoms with Crippen LogP contribution in [0.4, 0.5) is 0 Å². The van der Waals surface area contributed by atoms with Crippen LogP contribution < -0.4 is 5.73 Å². The molecule has 0 spiro atoms. The van der Waals surface area contributed by atoms with Crippen molar-refractivity contribution < 1.29 is 4.79 Å². The molecule has 0 aliphatic heterocycles. The molecule has 1 saturated carbocycles. The third-order valence-corrected chi connectivity index (χ3v) is 2.63. The molecule has 0 saturated heterocycles. The first kappa shape index (κ1) is 10.5. The fraction of sp³-hybridized carbons (Fsp3) is 0.900. The molecular weight excluding hydrogens is 164 g/mol. The molecule has 1 rings (SSSR count). The maximum Gasteiger partial charge on any atom is 0.227 e. The van der Waals surface area contributed by atoms with E-state index in [1.165, 1.54) is 0 Å². The highest BCUT2D eigenvalue weighted by Crippen LogP contribution is 2.29. The third kappa shape index (κ3) is 2.69. The summed E-state index contributed by atoms with van der Waals surface area (Å²) < 4.78 is 0. The van der Waals surface area contributed by atoms with Gasteiger partial charge in [-0.15, -0.1) is 0 Å². The van der Waals surface area contributed by atoms with E-state index in [0.717, 1.165) is 32.4 Å². The summed E-state index contributed by atoms with van der Waals surface area (Å²) in [6.07, 6.45) is 3.13. The van der Waals surface area contributed by atoms with Crippen molar-refractivity contribution in [3.8, 4) is 0 Å². The molecule has 0 radical (unpaired) electrons. The molecule has 1 amide bonds. The average Bonchev–Trinajstić information content (AvgIpc) is 2.84. The molecule has 0 heterocycles. The number of carbonyl (C=O) groups is 1. The summed E-state index contributed by atoms with van der Waals surface area (Å²) in [7, 11) is 0. The van der Waals surface area contributed by atoms with Crippen LogP contribution in [0.15, 0.2) is 0 Å². The van der Waals surface area contributed by atoms with Gasteiger partial charge < -0.3 is 10.6 Å². The van der Waals surface area contributed by atoms with Crippen molar-refractivity contribution in [1.29, 1.82) is 0 Å². The zero-order valence-corrected chi connectivity index (χ0v) is 8.62. The Bertz CT molecular complexity index is 182. The predicted molar refractivity (Wildman–Crippen MR) is 53.2 cm³/mol. The van der Waals surface area contributed by atoms with E-state index >= 15 is 0 Å². The van der Waals surface area contributed by atoms with E-state index < -0.39 is 0 Å². The standard InChI is InChI=1S/C10H20N2O/c1-3-5-6-12(4-2)10(13)8-7-9(8)11/h8-9H,3-7,11H2,1-2H3. The maximum absolute atomic E-state index is 11.7. The number of rotatable bonds is 5. The van der Waals surface area contributed by atoms with Crippen LogP contribution in [0, 0.1) is 5.92 Å². The van der Waals surface area contributed by atoms with E-state index in [1.54, 1.807) is 0 Å². The highest BCUT2D eigenvalue weighted by atomic mass is 16.2. The molecule has 1 fully saturated rings. The molecule has 0 aromatic rings. The maximum atomic E-state index is 11.7.